The lowest BCUT2D eigenvalue weighted by Crippen LogP contribution is -2.53. The number of rotatable bonds is 8. The molecule has 2 aliphatic rings. The number of benzene rings is 3. The van der Waals surface area contributed by atoms with Crippen LogP contribution in [0.5, 0.6) is 5.75 Å². The Kier molecular flexibility index (Phi) is 8.56. The number of β-amino-alcohol motifs (C(OH)–C–C–N with tert-alkyl or cyclic N) is 1. The van der Waals surface area contributed by atoms with E-state index < -0.39 is 23.6 Å². The number of nitrogens with zero attached hydrogens (tertiary/aromatic N) is 3. The maximum Gasteiger partial charge on any atom is 0.325 e. The van der Waals surface area contributed by atoms with Crippen LogP contribution >= 0.6 is 12.4 Å². The van der Waals surface area contributed by atoms with Crippen LogP contribution in [0.1, 0.15) is 11.1 Å². The van der Waals surface area contributed by atoms with Gasteiger partial charge in [0.25, 0.3) is 5.91 Å². The number of para-hydroxylation sites is 2. The number of anilines is 1. The van der Waals surface area contributed by atoms with Gasteiger partial charge >= 0.3 is 6.03 Å². The van der Waals surface area contributed by atoms with Gasteiger partial charge in [-0.15, -0.1) is 12.4 Å². The molecule has 2 aliphatic heterocycles. The van der Waals surface area contributed by atoms with Crippen LogP contribution < -0.4 is 15.0 Å². The summed E-state index contributed by atoms with van der Waals surface area (Å²) in [4.78, 5) is 32.5. The summed E-state index contributed by atoms with van der Waals surface area (Å²) >= 11 is 0. The Morgan fingerprint density at radius 1 is 0.842 bits per heavy atom. The standard InChI is InChI=1S/C29H32N4O4.ClH/c1-37-26-15-9-8-14-25(26)32-18-16-31(17-19-32)20-24(34)21-33-28(36)30-27(35)29(33,22-10-4-2-5-11-22)23-12-6-3-7-13-23;/h2-15,24,34H,16-21H2,1H3,(H,30,35,36);1H. The fourth-order valence-corrected chi connectivity index (χ4v) is 5.48. The van der Waals surface area contributed by atoms with Crippen molar-refractivity contribution in [2.45, 2.75) is 11.6 Å². The van der Waals surface area contributed by atoms with E-state index in [1.54, 1.807) is 7.11 Å². The predicted molar refractivity (Wildman–Crippen MR) is 149 cm³/mol. The van der Waals surface area contributed by atoms with Crippen molar-refractivity contribution in [3.8, 4) is 5.75 Å². The van der Waals surface area contributed by atoms with E-state index in [2.05, 4.69) is 21.2 Å². The first kappa shape index (κ1) is 27.4. The summed E-state index contributed by atoms with van der Waals surface area (Å²) in [5.74, 6) is 0.436. The van der Waals surface area contributed by atoms with Crippen LogP contribution in [0.3, 0.4) is 0 Å². The van der Waals surface area contributed by atoms with Gasteiger partial charge in [0.05, 0.1) is 25.4 Å². The number of hydrogen-bond acceptors (Lipinski definition) is 6. The average molecular weight is 537 g/mol. The Balaban J connectivity index is 0.00000336. The predicted octanol–water partition coefficient (Wildman–Crippen LogP) is 3.10. The highest BCUT2D eigenvalue weighted by Crippen LogP contribution is 2.40. The summed E-state index contributed by atoms with van der Waals surface area (Å²) in [6.07, 6.45) is -0.832. The Morgan fingerprint density at radius 3 is 1.97 bits per heavy atom. The molecule has 3 aromatic carbocycles. The molecule has 0 aromatic heterocycles. The van der Waals surface area contributed by atoms with E-state index >= 15 is 0 Å². The summed E-state index contributed by atoms with van der Waals surface area (Å²) < 4.78 is 5.51. The summed E-state index contributed by atoms with van der Waals surface area (Å²) in [6, 6.07) is 26.0. The lowest BCUT2D eigenvalue weighted by molar-refractivity contribution is -0.125. The maximum absolute atomic E-state index is 13.4. The molecule has 8 nitrogen and oxygen atoms in total. The second-order valence-corrected chi connectivity index (χ2v) is 9.43. The van der Waals surface area contributed by atoms with E-state index in [0.717, 1.165) is 37.6 Å². The molecule has 0 spiro atoms. The largest absolute Gasteiger partial charge is 0.495 e. The molecular weight excluding hydrogens is 504 g/mol. The molecule has 2 saturated heterocycles. The number of carbonyl (C=O) groups excluding carboxylic acids is 2. The number of imide groups is 1. The number of methoxy groups -OCH3 is 1. The van der Waals surface area contributed by atoms with E-state index in [-0.39, 0.29) is 19.0 Å². The summed E-state index contributed by atoms with van der Waals surface area (Å²) in [7, 11) is 1.68. The van der Waals surface area contributed by atoms with Crippen molar-refractivity contribution in [2.24, 2.45) is 0 Å². The number of nitrogens with one attached hydrogen (secondary N) is 1. The highest BCUT2D eigenvalue weighted by Gasteiger charge is 2.55. The molecule has 0 aliphatic carbocycles. The molecule has 2 fully saturated rings. The van der Waals surface area contributed by atoms with Gasteiger partial charge in [-0.1, -0.05) is 72.8 Å². The van der Waals surface area contributed by atoms with Gasteiger partial charge in [0, 0.05) is 32.7 Å². The van der Waals surface area contributed by atoms with Crippen LogP contribution in [0, 0.1) is 0 Å². The molecule has 1 unspecified atom stereocenters. The fraction of sp³-hybridized carbons (Fsp3) is 0.310. The number of urea groups is 1. The zero-order chi connectivity index (χ0) is 25.8. The normalized spacial score (nSPS) is 18.1. The first-order valence-electron chi connectivity index (χ1n) is 12.6. The quantitative estimate of drug-likeness (QED) is 0.430. The molecule has 0 bridgehead atoms. The summed E-state index contributed by atoms with van der Waals surface area (Å²) in [5, 5.41) is 13.7. The second kappa shape index (κ2) is 11.9. The number of amides is 3. The van der Waals surface area contributed by atoms with Crippen molar-refractivity contribution in [3.05, 3.63) is 96.1 Å². The first-order valence-corrected chi connectivity index (χ1v) is 12.6. The molecule has 2 heterocycles. The monoisotopic (exact) mass is 536 g/mol. The van der Waals surface area contributed by atoms with E-state index in [1.807, 2.05) is 78.9 Å². The van der Waals surface area contributed by atoms with Crippen LogP contribution in [0.4, 0.5) is 10.5 Å². The first-order chi connectivity index (χ1) is 18.0. The topological polar surface area (TPSA) is 85.3 Å². The maximum atomic E-state index is 13.4. The van der Waals surface area contributed by atoms with E-state index in [0.29, 0.717) is 17.7 Å². The van der Waals surface area contributed by atoms with Crippen LogP contribution in [0.2, 0.25) is 0 Å². The van der Waals surface area contributed by atoms with Gasteiger partial charge in [0.2, 0.25) is 0 Å². The minimum Gasteiger partial charge on any atom is -0.495 e. The molecule has 3 aromatic rings. The van der Waals surface area contributed by atoms with Gasteiger partial charge < -0.3 is 14.7 Å². The lowest BCUT2D eigenvalue weighted by atomic mass is 9.81. The van der Waals surface area contributed by atoms with Gasteiger partial charge in [-0.05, 0) is 23.3 Å². The molecule has 1 atom stereocenters. The number of aliphatic hydroxyl groups excluding tert-OH is 1. The molecule has 5 rings (SSSR count). The highest BCUT2D eigenvalue weighted by molar-refractivity contribution is 6.09. The fourth-order valence-electron chi connectivity index (χ4n) is 5.48. The van der Waals surface area contributed by atoms with E-state index in [1.165, 1.54) is 4.90 Å². The number of hydrogen-bond donors (Lipinski definition) is 2. The Bertz CT molecular complexity index is 1200. The number of halogens is 1. The SMILES string of the molecule is COc1ccccc1N1CCN(CC(O)CN2C(=O)NC(=O)C2(c2ccccc2)c2ccccc2)CC1.Cl. The van der Waals surface area contributed by atoms with Crippen LogP contribution in [-0.4, -0.2) is 79.3 Å². The smallest absolute Gasteiger partial charge is 0.325 e. The van der Waals surface area contributed by atoms with Gasteiger partial charge in [-0.25, -0.2) is 4.79 Å². The van der Waals surface area contributed by atoms with E-state index in [9.17, 15) is 14.7 Å². The third-order valence-corrected chi connectivity index (χ3v) is 7.24. The van der Waals surface area contributed by atoms with Crippen LogP contribution in [0.25, 0.3) is 0 Å². The third kappa shape index (κ3) is 5.07. The third-order valence-electron chi connectivity index (χ3n) is 7.24. The molecule has 2 N–H and O–H groups in total. The number of aliphatic hydroxyl groups is 1. The zero-order valence-electron chi connectivity index (χ0n) is 21.3. The second-order valence-electron chi connectivity index (χ2n) is 9.43. The van der Waals surface area contributed by atoms with Crippen LogP contribution in [0.15, 0.2) is 84.9 Å². The van der Waals surface area contributed by atoms with Crippen molar-refractivity contribution in [2.75, 3.05) is 51.3 Å². The van der Waals surface area contributed by atoms with Crippen molar-refractivity contribution in [1.29, 1.82) is 0 Å². The van der Waals surface area contributed by atoms with Crippen molar-refractivity contribution < 1.29 is 19.4 Å². The Morgan fingerprint density at radius 2 is 1.39 bits per heavy atom. The Labute approximate surface area is 229 Å². The van der Waals surface area contributed by atoms with Gasteiger partial charge in [0.15, 0.2) is 5.54 Å². The molecule has 200 valence electrons. The number of ether oxygens (including phenoxy) is 1. The van der Waals surface area contributed by atoms with Crippen molar-refractivity contribution in [3.63, 3.8) is 0 Å². The van der Waals surface area contributed by atoms with Gasteiger partial charge in [-0.2, -0.15) is 0 Å². The number of carbonyl (C=O) groups is 2. The minimum absolute atomic E-state index is 0. The molecule has 0 radical (unpaired) electrons. The van der Waals surface area contributed by atoms with Crippen molar-refractivity contribution >= 4 is 30.0 Å². The molecule has 38 heavy (non-hydrogen) atoms. The van der Waals surface area contributed by atoms with Crippen molar-refractivity contribution in [1.82, 2.24) is 15.1 Å². The summed E-state index contributed by atoms with van der Waals surface area (Å²) in [6.45, 7) is 3.55. The van der Waals surface area contributed by atoms with Gasteiger partial charge in [-0.3, -0.25) is 19.9 Å². The van der Waals surface area contributed by atoms with E-state index in [4.69, 9.17) is 4.74 Å². The molecule has 0 saturated carbocycles. The Hall–Kier alpha value is -3.59. The zero-order valence-corrected chi connectivity index (χ0v) is 22.1. The van der Waals surface area contributed by atoms with Gasteiger partial charge in [0.1, 0.15) is 5.75 Å². The highest BCUT2D eigenvalue weighted by atomic mass is 35.5. The minimum atomic E-state index is -1.34. The molecular formula is C29H33ClN4O4. The average Bonchev–Trinajstić information content (AvgIpc) is 3.19. The summed E-state index contributed by atoms with van der Waals surface area (Å²) in [5.41, 5.74) is 1.08. The molecule has 3 amide bonds. The lowest BCUT2D eigenvalue weighted by Gasteiger charge is -2.40. The molecule has 9 heteroatoms. The van der Waals surface area contributed by atoms with Crippen LogP contribution in [-0.2, 0) is 10.3 Å². The number of piperazine rings is 1.